The van der Waals surface area contributed by atoms with E-state index in [1.54, 1.807) is 0 Å². The molecule has 32 heavy (non-hydrogen) atoms. The van der Waals surface area contributed by atoms with Crippen molar-refractivity contribution in [1.29, 1.82) is 0 Å². The highest BCUT2D eigenvalue weighted by molar-refractivity contribution is 5.87. The molecule has 1 aliphatic heterocycles. The van der Waals surface area contributed by atoms with Gasteiger partial charge in [0.1, 0.15) is 0 Å². The van der Waals surface area contributed by atoms with Crippen molar-refractivity contribution in [2.75, 3.05) is 6.61 Å². The Morgan fingerprint density at radius 3 is 2.44 bits per heavy atom. The van der Waals surface area contributed by atoms with Crippen LogP contribution in [0, 0.1) is 17.8 Å². The van der Waals surface area contributed by atoms with Crippen molar-refractivity contribution < 1.29 is 23.9 Å². The predicted octanol–water partition coefficient (Wildman–Crippen LogP) is 5.69. The Balaban J connectivity index is 1.88. The van der Waals surface area contributed by atoms with Crippen LogP contribution in [0.25, 0.3) is 0 Å². The van der Waals surface area contributed by atoms with E-state index in [1.807, 2.05) is 39.0 Å². The van der Waals surface area contributed by atoms with Gasteiger partial charge < -0.3 is 9.47 Å². The van der Waals surface area contributed by atoms with E-state index in [4.69, 9.17) is 9.47 Å². The van der Waals surface area contributed by atoms with Crippen LogP contribution in [0.1, 0.15) is 84.1 Å². The van der Waals surface area contributed by atoms with Crippen LogP contribution in [-0.4, -0.2) is 30.4 Å². The maximum atomic E-state index is 13.0. The first-order chi connectivity index (χ1) is 15.4. The van der Waals surface area contributed by atoms with Gasteiger partial charge in [0, 0.05) is 5.92 Å². The Morgan fingerprint density at radius 1 is 1.00 bits per heavy atom. The zero-order valence-electron chi connectivity index (χ0n) is 20.0. The molecule has 1 aliphatic rings. The average Bonchev–Trinajstić information content (AvgIpc) is 2.79. The van der Waals surface area contributed by atoms with E-state index in [2.05, 4.69) is 12.1 Å². The number of esters is 2. The van der Waals surface area contributed by atoms with E-state index in [1.165, 1.54) is 5.56 Å². The molecule has 5 nitrogen and oxygen atoms in total. The lowest BCUT2D eigenvalue weighted by molar-refractivity contribution is -0.160. The highest BCUT2D eigenvalue weighted by atomic mass is 16.5. The van der Waals surface area contributed by atoms with Crippen LogP contribution in [0.4, 0.5) is 0 Å². The summed E-state index contributed by atoms with van der Waals surface area (Å²) in [6, 6.07) is 10.2. The zero-order chi connectivity index (χ0) is 23.3. The van der Waals surface area contributed by atoms with Gasteiger partial charge in [0.05, 0.1) is 18.4 Å². The summed E-state index contributed by atoms with van der Waals surface area (Å²) >= 11 is 0. The lowest BCUT2D eigenvalue weighted by atomic mass is 9.93. The van der Waals surface area contributed by atoms with Crippen LogP contribution in [-0.2, 0) is 30.3 Å². The zero-order valence-corrected chi connectivity index (χ0v) is 20.0. The van der Waals surface area contributed by atoms with Gasteiger partial charge in [0.15, 0.2) is 11.9 Å². The largest absolute Gasteiger partial charge is 0.465 e. The molecule has 0 bridgehead atoms. The third-order valence-electron chi connectivity index (χ3n) is 6.44. The first-order valence-corrected chi connectivity index (χ1v) is 12.3. The summed E-state index contributed by atoms with van der Waals surface area (Å²) in [4.78, 5) is 37.7. The van der Waals surface area contributed by atoms with E-state index in [-0.39, 0.29) is 35.5 Å². The second-order valence-corrected chi connectivity index (χ2v) is 9.36. The van der Waals surface area contributed by atoms with Gasteiger partial charge in [-0.15, -0.1) is 0 Å². The number of Topliss-reactive ketones (excluding diaryl/α,β-unsaturated/α-hetero) is 1. The summed E-state index contributed by atoms with van der Waals surface area (Å²) in [5, 5.41) is 0. The molecule has 0 N–H and O–H groups in total. The molecule has 1 fully saturated rings. The number of carbonyl (C=O) groups excluding carboxylic acids is 3. The number of hydrogen-bond acceptors (Lipinski definition) is 5. The predicted molar refractivity (Wildman–Crippen MR) is 125 cm³/mol. The molecule has 0 saturated carbocycles. The highest BCUT2D eigenvalue weighted by Gasteiger charge is 2.29. The maximum absolute atomic E-state index is 13.0. The standard InChI is InChI=1S/C27H40O5/c1-20-14-11-19-31-26(29)21(2)12-6-4-9-18-24(25(20)28)32-27(30)22(3)13-10-17-23-15-7-5-8-16-23/h5,7-8,15-16,20-22,24H,4,6,9-14,17-19H2,1-3H3. The van der Waals surface area contributed by atoms with Crippen molar-refractivity contribution in [3.8, 4) is 0 Å². The molecule has 4 atom stereocenters. The lowest BCUT2D eigenvalue weighted by Crippen LogP contribution is -2.33. The molecular weight excluding hydrogens is 404 g/mol. The number of rotatable bonds is 6. The number of cyclic esters (lactones) is 1. The van der Waals surface area contributed by atoms with Crippen LogP contribution in [0.5, 0.6) is 0 Å². The van der Waals surface area contributed by atoms with E-state index < -0.39 is 6.10 Å². The monoisotopic (exact) mass is 444 g/mol. The molecule has 1 aromatic rings. The van der Waals surface area contributed by atoms with E-state index in [0.717, 1.165) is 44.9 Å². The molecule has 0 spiro atoms. The maximum Gasteiger partial charge on any atom is 0.309 e. The average molecular weight is 445 g/mol. The fourth-order valence-electron chi connectivity index (χ4n) is 4.13. The molecular formula is C27H40O5. The Hall–Kier alpha value is -2.17. The number of ketones is 1. The van der Waals surface area contributed by atoms with Crippen molar-refractivity contribution in [3.63, 3.8) is 0 Å². The SMILES string of the molecule is CC1CCCCCC(OC(=O)C(C)CCCc2ccccc2)C(=O)C(C)CCCOC1=O. The van der Waals surface area contributed by atoms with Crippen LogP contribution in [0.15, 0.2) is 30.3 Å². The van der Waals surface area contributed by atoms with Gasteiger partial charge >= 0.3 is 11.9 Å². The summed E-state index contributed by atoms with van der Waals surface area (Å²) in [7, 11) is 0. The molecule has 1 heterocycles. The molecule has 0 radical (unpaired) electrons. The van der Waals surface area contributed by atoms with Crippen molar-refractivity contribution in [2.45, 2.75) is 91.1 Å². The Bertz CT molecular complexity index is 714. The third-order valence-corrected chi connectivity index (χ3v) is 6.44. The fourth-order valence-corrected chi connectivity index (χ4v) is 4.13. The Labute approximate surface area is 193 Å². The first kappa shape index (κ1) is 26.1. The first-order valence-electron chi connectivity index (χ1n) is 12.3. The third kappa shape index (κ3) is 9.13. The minimum atomic E-state index is -0.669. The fraction of sp³-hybridized carbons (Fsp3) is 0.667. The number of ether oxygens (including phenoxy) is 2. The summed E-state index contributed by atoms with van der Waals surface area (Å²) in [5.74, 6) is -0.967. The summed E-state index contributed by atoms with van der Waals surface area (Å²) in [6.07, 6.45) is 7.13. The number of aryl methyl sites for hydroxylation is 1. The van der Waals surface area contributed by atoms with E-state index >= 15 is 0 Å². The van der Waals surface area contributed by atoms with Gasteiger partial charge in [-0.3, -0.25) is 14.4 Å². The number of hydrogen-bond donors (Lipinski definition) is 0. The van der Waals surface area contributed by atoms with Gasteiger partial charge in [-0.25, -0.2) is 0 Å². The molecule has 1 saturated heterocycles. The van der Waals surface area contributed by atoms with Crippen LogP contribution >= 0.6 is 0 Å². The minimum absolute atomic E-state index is 0.00779. The van der Waals surface area contributed by atoms with E-state index in [9.17, 15) is 14.4 Å². The summed E-state index contributed by atoms with van der Waals surface area (Å²) < 4.78 is 11.1. The van der Waals surface area contributed by atoms with Crippen molar-refractivity contribution >= 4 is 17.7 Å². The van der Waals surface area contributed by atoms with Crippen LogP contribution < -0.4 is 0 Å². The summed E-state index contributed by atoms with van der Waals surface area (Å²) in [6.45, 7) is 6.01. The van der Waals surface area contributed by atoms with Crippen molar-refractivity contribution in [1.82, 2.24) is 0 Å². The molecule has 178 valence electrons. The minimum Gasteiger partial charge on any atom is -0.465 e. The van der Waals surface area contributed by atoms with E-state index in [0.29, 0.717) is 25.9 Å². The smallest absolute Gasteiger partial charge is 0.309 e. The topological polar surface area (TPSA) is 69.7 Å². The number of carbonyl (C=O) groups is 3. The molecule has 2 rings (SSSR count). The molecule has 0 aromatic heterocycles. The Kier molecular flexibility index (Phi) is 11.5. The molecule has 0 aliphatic carbocycles. The molecule has 5 heteroatoms. The van der Waals surface area contributed by atoms with Crippen molar-refractivity contribution in [3.05, 3.63) is 35.9 Å². The van der Waals surface area contributed by atoms with Gasteiger partial charge in [-0.05, 0) is 56.9 Å². The molecule has 0 amide bonds. The van der Waals surface area contributed by atoms with Crippen LogP contribution in [0.3, 0.4) is 0 Å². The second kappa shape index (κ2) is 14.1. The van der Waals surface area contributed by atoms with Gasteiger partial charge in [-0.1, -0.05) is 63.9 Å². The molecule has 1 aromatic carbocycles. The van der Waals surface area contributed by atoms with Crippen LogP contribution in [0.2, 0.25) is 0 Å². The Morgan fingerprint density at radius 2 is 1.69 bits per heavy atom. The second-order valence-electron chi connectivity index (χ2n) is 9.36. The number of benzene rings is 1. The van der Waals surface area contributed by atoms with Gasteiger partial charge in [0.25, 0.3) is 0 Å². The van der Waals surface area contributed by atoms with Gasteiger partial charge in [0.2, 0.25) is 0 Å². The normalized spacial score (nSPS) is 24.8. The highest BCUT2D eigenvalue weighted by Crippen LogP contribution is 2.21. The lowest BCUT2D eigenvalue weighted by Gasteiger charge is -2.23. The summed E-state index contributed by atoms with van der Waals surface area (Å²) in [5.41, 5.74) is 1.27. The van der Waals surface area contributed by atoms with Gasteiger partial charge in [-0.2, -0.15) is 0 Å². The van der Waals surface area contributed by atoms with Crippen molar-refractivity contribution in [2.24, 2.45) is 17.8 Å². The quantitative estimate of drug-likeness (QED) is 0.528. The molecule has 4 unspecified atom stereocenters.